The van der Waals surface area contributed by atoms with Gasteiger partial charge in [0.2, 0.25) is 17.4 Å². The molecule has 0 saturated heterocycles. The first-order chi connectivity index (χ1) is 23.0. The van der Waals surface area contributed by atoms with Gasteiger partial charge in [-0.3, -0.25) is 9.29 Å². The smallest absolute Gasteiger partial charge is 0.323 e. The van der Waals surface area contributed by atoms with Crippen molar-refractivity contribution in [3.8, 4) is 17.2 Å². The summed E-state index contributed by atoms with van der Waals surface area (Å²) in [4.78, 5) is 27.6. The van der Waals surface area contributed by atoms with E-state index in [2.05, 4.69) is 25.7 Å². The molecule has 2 amide bonds. The minimum Gasteiger partial charge on any atom is -0.496 e. The topological polar surface area (TPSA) is 168 Å². The van der Waals surface area contributed by atoms with Gasteiger partial charge in [-0.2, -0.15) is 0 Å². The molecule has 0 aliphatic carbocycles. The Hall–Kier alpha value is -5.10. The van der Waals surface area contributed by atoms with E-state index >= 15 is 0 Å². The van der Waals surface area contributed by atoms with Crippen molar-refractivity contribution in [1.29, 1.82) is 0 Å². The van der Waals surface area contributed by atoms with Crippen molar-refractivity contribution in [2.45, 2.75) is 26.2 Å². The maximum Gasteiger partial charge on any atom is 0.323 e. The molecule has 0 radical (unpaired) electrons. The van der Waals surface area contributed by atoms with Gasteiger partial charge >= 0.3 is 6.03 Å². The van der Waals surface area contributed by atoms with Gasteiger partial charge in [0.25, 0.3) is 0 Å². The molecule has 5 N–H and O–H groups in total. The number of aromatic nitrogens is 1. The van der Waals surface area contributed by atoms with Gasteiger partial charge in [-0.05, 0) is 59.5 Å². The Morgan fingerprint density at radius 2 is 1.57 bits per heavy atom. The highest BCUT2D eigenvalue weighted by atomic mass is 32.2. The second-order valence-corrected chi connectivity index (χ2v) is 16.5. The molecule has 0 fully saturated rings. The number of nitrogens with one attached hydrogen (secondary N) is 4. The maximum atomic E-state index is 13.2. The van der Waals surface area contributed by atoms with Crippen LogP contribution in [-0.2, 0) is 20.0 Å². The molecule has 4 aromatic carbocycles. The zero-order valence-corrected chi connectivity index (χ0v) is 29.6. The number of hydrogen-bond donors (Lipinski definition) is 5. The van der Waals surface area contributed by atoms with Crippen molar-refractivity contribution in [3.63, 3.8) is 0 Å². The zero-order valence-electron chi connectivity index (χ0n) is 27.9. The second-order valence-electron chi connectivity index (χ2n) is 12.5. The minimum atomic E-state index is -3.53. The van der Waals surface area contributed by atoms with Crippen LogP contribution < -0.4 is 35.5 Å². The lowest BCUT2D eigenvalue weighted by Crippen LogP contribution is -2.21. The first kappa shape index (κ1) is 35.2. The summed E-state index contributed by atoms with van der Waals surface area (Å²) in [6.45, 7) is 7.25. The number of carbonyl (C=O) groups is 1. The summed E-state index contributed by atoms with van der Waals surface area (Å²) < 4.78 is 50.1. The molecule has 1 atom stereocenters. The number of fused-ring (bicyclic) bond motifs is 1. The lowest BCUT2D eigenvalue weighted by molar-refractivity contribution is 0.262. The highest BCUT2D eigenvalue weighted by Gasteiger charge is 2.20. The number of rotatable bonds is 10. The third kappa shape index (κ3) is 9.08. The third-order valence-corrected chi connectivity index (χ3v) is 9.22. The van der Waals surface area contributed by atoms with Gasteiger partial charge in [0.1, 0.15) is 23.1 Å². The van der Waals surface area contributed by atoms with E-state index in [0.717, 1.165) is 22.6 Å². The number of methoxy groups -OCH3 is 1. The van der Waals surface area contributed by atoms with Crippen LogP contribution in [-0.4, -0.2) is 44.4 Å². The van der Waals surface area contributed by atoms with Gasteiger partial charge in [0.05, 0.1) is 30.0 Å². The number of hydrogen-bond acceptors (Lipinski definition) is 8. The summed E-state index contributed by atoms with van der Waals surface area (Å²) >= 11 is 0. The van der Waals surface area contributed by atoms with Gasteiger partial charge in [0, 0.05) is 47.1 Å². The standard InChI is InChI=1S/C35H38N5O7PS/c1-35(2,3)22-17-24(19-25(18-22)40-49(6,44)45)38-34(41)39-29-12-13-30(28-10-8-7-9-27(28)29)47-26-15-16-36-33(21-26)37-23-11-14-32(48(5,42)43)31(20-23)46-4/h7-21,40H,1-6H3,(H,36,37)(H,42,43)(H2,38,39,41). The van der Waals surface area contributed by atoms with E-state index in [-0.39, 0.29) is 16.5 Å². The van der Waals surface area contributed by atoms with Crippen molar-refractivity contribution in [3.05, 3.63) is 96.7 Å². The lowest BCUT2D eigenvalue weighted by Gasteiger charge is -2.22. The number of sulfonamides is 1. The monoisotopic (exact) mass is 703 g/mol. The summed E-state index contributed by atoms with van der Waals surface area (Å²) in [5, 5.41) is 10.6. The van der Waals surface area contributed by atoms with Crippen molar-refractivity contribution in [2.75, 3.05) is 40.7 Å². The number of benzene rings is 4. The van der Waals surface area contributed by atoms with Gasteiger partial charge in [-0.15, -0.1) is 0 Å². The molecule has 0 aliphatic rings. The number of carbonyl (C=O) groups excluding carboxylic acids is 1. The predicted octanol–water partition coefficient (Wildman–Crippen LogP) is 7.62. The van der Waals surface area contributed by atoms with Crippen LogP contribution in [0.15, 0.2) is 91.1 Å². The number of urea groups is 1. The van der Waals surface area contributed by atoms with Crippen LogP contribution in [0.2, 0.25) is 0 Å². The summed E-state index contributed by atoms with van der Waals surface area (Å²) in [6, 6.07) is 23.8. The Labute approximate surface area is 285 Å². The Morgan fingerprint density at radius 3 is 2.24 bits per heavy atom. The van der Waals surface area contributed by atoms with E-state index in [1.807, 2.05) is 51.1 Å². The van der Waals surface area contributed by atoms with Gasteiger partial charge in [-0.1, -0.05) is 45.0 Å². The highest BCUT2D eigenvalue weighted by molar-refractivity contribution is 7.92. The van der Waals surface area contributed by atoms with Crippen molar-refractivity contribution in [2.24, 2.45) is 0 Å². The predicted molar refractivity (Wildman–Crippen MR) is 196 cm³/mol. The molecule has 0 bridgehead atoms. The molecule has 14 heteroatoms. The van der Waals surface area contributed by atoms with Crippen LogP contribution in [0.4, 0.5) is 33.4 Å². The molecule has 0 spiro atoms. The number of pyridine rings is 1. The summed E-state index contributed by atoms with van der Waals surface area (Å²) in [7, 11) is -5.61. The van der Waals surface area contributed by atoms with E-state index in [1.54, 1.807) is 60.8 Å². The van der Waals surface area contributed by atoms with E-state index in [1.165, 1.54) is 13.8 Å². The fourth-order valence-corrected chi connectivity index (χ4v) is 6.54. The molecular formula is C35H38N5O7PS. The van der Waals surface area contributed by atoms with Gasteiger partial charge < -0.3 is 30.3 Å². The average molecular weight is 704 g/mol. The molecule has 1 aromatic heterocycles. The minimum absolute atomic E-state index is 0.221. The Bertz CT molecular complexity index is 2200. The molecule has 0 aliphatic heterocycles. The Kier molecular flexibility index (Phi) is 9.91. The zero-order chi connectivity index (χ0) is 35.6. The van der Waals surface area contributed by atoms with Crippen LogP contribution in [0.3, 0.4) is 0 Å². The van der Waals surface area contributed by atoms with Crippen LogP contribution in [0.25, 0.3) is 10.8 Å². The molecule has 1 heterocycles. The molecule has 1 unspecified atom stereocenters. The lowest BCUT2D eigenvalue weighted by atomic mass is 9.86. The van der Waals surface area contributed by atoms with Crippen LogP contribution in [0.1, 0.15) is 26.3 Å². The van der Waals surface area contributed by atoms with Crippen molar-refractivity contribution < 1.29 is 32.1 Å². The normalized spacial score (nSPS) is 12.9. The Morgan fingerprint density at radius 1 is 0.857 bits per heavy atom. The number of anilines is 5. The Balaban J connectivity index is 1.35. The first-order valence-electron chi connectivity index (χ1n) is 15.1. The van der Waals surface area contributed by atoms with Crippen molar-refractivity contribution >= 4 is 68.1 Å². The van der Waals surface area contributed by atoms with E-state index < -0.39 is 23.4 Å². The van der Waals surface area contributed by atoms with Crippen LogP contribution in [0, 0.1) is 0 Å². The molecule has 5 aromatic rings. The number of amides is 2. The van der Waals surface area contributed by atoms with E-state index in [4.69, 9.17) is 9.47 Å². The molecule has 5 rings (SSSR count). The van der Waals surface area contributed by atoms with Gasteiger partial charge in [-0.25, -0.2) is 18.2 Å². The highest BCUT2D eigenvalue weighted by Crippen LogP contribution is 2.39. The van der Waals surface area contributed by atoms with E-state index in [9.17, 15) is 22.7 Å². The fraction of sp³-hybridized carbons (Fsp3) is 0.200. The molecule has 0 saturated carbocycles. The SMILES string of the molecule is COc1cc(Nc2cc(Oc3ccc(NC(=O)Nc4cc(NS(C)(=O)=O)cc(C(C)(C)C)c4)c4ccccc34)ccn2)ccc1P(C)(=O)O. The van der Waals surface area contributed by atoms with Crippen LogP contribution >= 0.6 is 7.37 Å². The fourth-order valence-electron chi connectivity index (χ4n) is 5.08. The summed E-state index contributed by atoms with van der Waals surface area (Å²) in [6.07, 6.45) is 2.66. The number of nitrogens with zero attached hydrogens (tertiary/aromatic N) is 1. The van der Waals surface area contributed by atoms with Crippen LogP contribution in [0.5, 0.6) is 17.2 Å². The third-order valence-electron chi connectivity index (χ3n) is 7.35. The molecular weight excluding hydrogens is 665 g/mol. The first-order valence-corrected chi connectivity index (χ1v) is 19.1. The van der Waals surface area contributed by atoms with E-state index in [0.29, 0.717) is 40.1 Å². The molecule has 49 heavy (non-hydrogen) atoms. The quantitative estimate of drug-likeness (QED) is 0.0919. The number of ether oxygens (including phenoxy) is 2. The average Bonchev–Trinajstić information content (AvgIpc) is 3.00. The second kappa shape index (κ2) is 13.8. The summed E-state index contributed by atoms with van der Waals surface area (Å²) in [5.74, 6) is 1.79. The van der Waals surface area contributed by atoms with Gasteiger partial charge in [0.15, 0.2) is 0 Å². The largest absolute Gasteiger partial charge is 0.496 e. The summed E-state index contributed by atoms with van der Waals surface area (Å²) in [5.41, 5.74) is 2.45. The molecule has 256 valence electrons. The van der Waals surface area contributed by atoms with Crippen molar-refractivity contribution in [1.82, 2.24) is 4.98 Å². The molecule has 12 nitrogen and oxygen atoms in total. The maximum absolute atomic E-state index is 13.2.